The maximum absolute atomic E-state index is 12.8. The lowest BCUT2D eigenvalue weighted by atomic mass is 10.3. The number of benzene rings is 2. The van der Waals surface area contributed by atoms with E-state index in [4.69, 9.17) is 0 Å². The molecule has 0 saturated heterocycles. The zero-order chi connectivity index (χ0) is 20.5. The maximum Gasteiger partial charge on any atom is 0.242 e. The molecule has 0 fully saturated rings. The summed E-state index contributed by atoms with van der Waals surface area (Å²) in [5, 5.41) is 0. The third-order valence-electron chi connectivity index (χ3n) is 4.45. The van der Waals surface area contributed by atoms with Crippen molar-refractivity contribution in [2.24, 2.45) is 0 Å². The van der Waals surface area contributed by atoms with Gasteiger partial charge >= 0.3 is 0 Å². The Hall–Kier alpha value is -2.23. The van der Waals surface area contributed by atoms with Crippen LogP contribution >= 0.6 is 0 Å². The molecule has 0 atom stereocenters. The number of rotatable bonds is 7. The molecular formula is C19H23N3O4S2. The summed E-state index contributed by atoms with van der Waals surface area (Å²) in [5.74, 6) is 0.154. The van der Waals surface area contributed by atoms with E-state index in [0.717, 1.165) is 16.2 Å². The lowest BCUT2D eigenvalue weighted by molar-refractivity contribution is 0.521. The molecule has 150 valence electrons. The minimum Gasteiger partial charge on any atom is -0.327 e. The van der Waals surface area contributed by atoms with Crippen molar-refractivity contribution in [3.8, 4) is 0 Å². The van der Waals surface area contributed by atoms with E-state index in [9.17, 15) is 16.8 Å². The molecule has 0 aliphatic carbocycles. The van der Waals surface area contributed by atoms with Gasteiger partial charge in [0.15, 0.2) is 9.84 Å². The minimum absolute atomic E-state index is 0.128. The minimum atomic E-state index is -3.60. The van der Waals surface area contributed by atoms with Gasteiger partial charge in [0.1, 0.15) is 11.6 Å². The van der Waals surface area contributed by atoms with Crippen LogP contribution in [0.2, 0.25) is 0 Å². The second kappa shape index (κ2) is 7.65. The summed E-state index contributed by atoms with van der Waals surface area (Å²) in [4.78, 5) is 4.84. The highest BCUT2D eigenvalue weighted by molar-refractivity contribution is 7.90. The van der Waals surface area contributed by atoms with E-state index >= 15 is 0 Å². The molecule has 0 radical (unpaired) electrons. The van der Waals surface area contributed by atoms with Crippen molar-refractivity contribution in [3.63, 3.8) is 0 Å². The Morgan fingerprint density at radius 2 is 1.64 bits per heavy atom. The number of aryl methyl sites for hydroxylation is 1. The largest absolute Gasteiger partial charge is 0.327 e. The van der Waals surface area contributed by atoms with Crippen LogP contribution in [-0.2, 0) is 32.2 Å². The van der Waals surface area contributed by atoms with Crippen molar-refractivity contribution in [2.75, 3.05) is 14.1 Å². The molecule has 1 aromatic heterocycles. The summed E-state index contributed by atoms with van der Waals surface area (Å²) in [6.07, 6.45) is 0.793. The Kier molecular flexibility index (Phi) is 5.60. The molecule has 9 heteroatoms. The number of fused-ring (bicyclic) bond motifs is 1. The topological polar surface area (TPSA) is 89.3 Å². The predicted molar refractivity (Wildman–Crippen MR) is 108 cm³/mol. The fraction of sp³-hybridized carbons (Fsp3) is 0.316. The van der Waals surface area contributed by atoms with Crippen molar-refractivity contribution in [1.29, 1.82) is 0 Å². The summed E-state index contributed by atoms with van der Waals surface area (Å²) in [6, 6.07) is 13.0. The first-order valence-electron chi connectivity index (χ1n) is 8.86. The fourth-order valence-corrected chi connectivity index (χ4v) is 5.22. The van der Waals surface area contributed by atoms with E-state index in [0.29, 0.717) is 17.9 Å². The maximum atomic E-state index is 12.8. The van der Waals surface area contributed by atoms with Crippen molar-refractivity contribution in [2.45, 2.75) is 35.4 Å². The first kappa shape index (κ1) is 20.5. The molecule has 3 rings (SSSR count). The Morgan fingerprint density at radius 3 is 2.25 bits per heavy atom. The SMILES string of the molecule is CCCn1c(CS(=O)(=O)c2ccccc2)nc2cc(S(=O)(=O)N(C)C)ccc21. The molecule has 7 nitrogen and oxygen atoms in total. The van der Waals surface area contributed by atoms with Gasteiger partial charge in [-0.3, -0.25) is 0 Å². The molecule has 0 amide bonds. The smallest absolute Gasteiger partial charge is 0.242 e. The zero-order valence-corrected chi connectivity index (χ0v) is 17.7. The number of aromatic nitrogens is 2. The molecule has 0 aliphatic rings. The summed E-state index contributed by atoms with van der Waals surface area (Å²) in [7, 11) is -4.23. The van der Waals surface area contributed by atoms with Gasteiger partial charge in [-0.2, -0.15) is 0 Å². The number of hydrogen-bond donors (Lipinski definition) is 0. The molecular weight excluding hydrogens is 398 g/mol. The average Bonchev–Trinajstić information content (AvgIpc) is 2.98. The second-order valence-corrected chi connectivity index (χ2v) is 10.8. The van der Waals surface area contributed by atoms with Crippen LogP contribution in [0.15, 0.2) is 58.3 Å². The van der Waals surface area contributed by atoms with E-state index in [2.05, 4.69) is 4.98 Å². The van der Waals surface area contributed by atoms with Gasteiger partial charge in [0.05, 0.1) is 20.8 Å². The van der Waals surface area contributed by atoms with E-state index in [1.54, 1.807) is 36.4 Å². The Balaban J connectivity index is 2.11. The van der Waals surface area contributed by atoms with Gasteiger partial charge in [0, 0.05) is 20.6 Å². The van der Waals surface area contributed by atoms with Gasteiger partial charge in [-0.05, 0) is 36.8 Å². The molecule has 0 aliphatic heterocycles. The number of imidazole rings is 1. The summed E-state index contributed by atoms with van der Waals surface area (Å²) in [5.41, 5.74) is 1.19. The zero-order valence-electron chi connectivity index (χ0n) is 16.0. The van der Waals surface area contributed by atoms with Crippen molar-refractivity contribution < 1.29 is 16.8 Å². The van der Waals surface area contributed by atoms with Crippen LogP contribution in [0.5, 0.6) is 0 Å². The lowest BCUT2D eigenvalue weighted by Gasteiger charge is -2.11. The molecule has 0 unspecified atom stereocenters. The number of nitrogens with zero attached hydrogens (tertiary/aromatic N) is 3. The Labute approximate surface area is 165 Å². The van der Waals surface area contributed by atoms with Crippen LogP contribution in [0, 0.1) is 0 Å². The van der Waals surface area contributed by atoms with Crippen molar-refractivity contribution >= 4 is 30.9 Å². The first-order chi connectivity index (χ1) is 13.2. The average molecular weight is 422 g/mol. The second-order valence-electron chi connectivity index (χ2n) is 6.69. The molecule has 0 N–H and O–H groups in total. The Morgan fingerprint density at radius 1 is 0.964 bits per heavy atom. The van der Waals surface area contributed by atoms with Crippen LogP contribution < -0.4 is 0 Å². The normalized spacial score (nSPS) is 12.7. The van der Waals surface area contributed by atoms with Gasteiger partial charge in [-0.1, -0.05) is 25.1 Å². The third kappa shape index (κ3) is 3.82. The van der Waals surface area contributed by atoms with Gasteiger partial charge in [-0.15, -0.1) is 0 Å². The molecule has 3 aromatic rings. The first-order valence-corrected chi connectivity index (χ1v) is 12.0. The molecule has 28 heavy (non-hydrogen) atoms. The third-order valence-corrected chi connectivity index (χ3v) is 7.89. The van der Waals surface area contributed by atoms with Crippen molar-refractivity contribution in [1.82, 2.24) is 13.9 Å². The highest BCUT2D eigenvalue weighted by Crippen LogP contribution is 2.24. The van der Waals surface area contributed by atoms with Crippen LogP contribution in [0.25, 0.3) is 11.0 Å². The molecule has 1 heterocycles. The van der Waals surface area contributed by atoms with E-state index in [1.807, 2.05) is 11.5 Å². The van der Waals surface area contributed by atoms with Crippen LogP contribution in [0.3, 0.4) is 0 Å². The van der Waals surface area contributed by atoms with Crippen LogP contribution in [-0.4, -0.2) is 44.8 Å². The molecule has 2 aromatic carbocycles. The number of sulfone groups is 1. The standard InChI is InChI=1S/C19H23N3O4S2/c1-4-12-22-18-11-10-16(28(25,26)21(2)3)13-17(18)20-19(22)14-27(23,24)15-8-6-5-7-9-15/h5-11,13H,4,12,14H2,1-3H3. The molecule has 0 bridgehead atoms. The van der Waals surface area contributed by atoms with Crippen molar-refractivity contribution in [3.05, 3.63) is 54.4 Å². The molecule has 0 saturated carbocycles. The highest BCUT2D eigenvalue weighted by atomic mass is 32.2. The van der Waals surface area contributed by atoms with E-state index < -0.39 is 19.9 Å². The predicted octanol–water partition coefficient (Wildman–Crippen LogP) is 2.67. The van der Waals surface area contributed by atoms with Gasteiger partial charge < -0.3 is 4.57 Å². The number of sulfonamides is 1. The van der Waals surface area contributed by atoms with Gasteiger partial charge in [0.2, 0.25) is 10.0 Å². The van der Waals surface area contributed by atoms with Gasteiger partial charge in [-0.25, -0.2) is 26.1 Å². The molecule has 0 spiro atoms. The van der Waals surface area contributed by atoms with Crippen LogP contribution in [0.1, 0.15) is 19.2 Å². The highest BCUT2D eigenvalue weighted by Gasteiger charge is 2.23. The van der Waals surface area contributed by atoms with E-state index in [1.165, 1.54) is 26.2 Å². The summed E-state index contributed by atoms with van der Waals surface area (Å²) < 4.78 is 53.4. The van der Waals surface area contributed by atoms with E-state index in [-0.39, 0.29) is 15.5 Å². The van der Waals surface area contributed by atoms with Crippen LogP contribution in [0.4, 0.5) is 0 Å². The number of hydrogen-bond acceptors (Lipinski definition) is 5. The quantitative estimate of drug-likeness (QED) is 0.585. The summed E-state index contributed by atoms with van der Waals surface area (Å²) >= 11 is 0. The fourth-order valence-electron chi connectivity index (χ4n) is 3.00. The van der Waals surface area contributed by atoms with Gasteiger partial charge in [0.25, 0.3) is 0 Å². The summed E-state index contributed by atoms with van der Waals surface area (Å²) in [6.45, 7) is 2.59. The monoisotopic (exact) mass is 421 g/mol. The Bertz CT molecular complexity index is 1200. The lowest BCUT2D eigenvalue weighted by Crippen LogP contribution is -2.22.